The normalized spacial score (nSPS) is 23.0. The maximum absolute atomic E-state index is 12.2. The first-order chi connectivity index (χ1) is 10.7. The minimum Gasteiger partial charge on any atom is -0.468 e. The van der Waals surface area contributed by atoms with Gasteiger partial charge in [0, 0.05) is 13.1 Å². The Morgan fingerprint density at radius 1 is 1.50 bits per heavy atom. The van der Waals surface area contributed by atoms with E-state index in [-0.39, 0.29) is 6.04 Å². The van der Waals surface area contributed by atoms with Gasteiger partial charge < -0.3 is 20.3 Å². The summed E-state index contributed by atoms with van der Waals surface area (Å²) in [6.07, 6.45) is 2.70. The largest absolute Gasteiger partial charge is 0.468 e. The minimum atomic E-state index is -1.20. The van der Waals surface area contributed by atoms with Crippen LogP contribution in [-0.2, 0) is 9.59 Å². The Bertz CT molecular complexity index is 640. The molecule has 1 aromatic rings. The quantitative estimate of drug-likeness (QED) is 0.624. The van der Waals surface area contributed by atoms with Gasteiger partial charge in [-0.1, -0.05) is 12.1 Å². The first kappa shape index (κ1) is 14.2. The van der Waals surface area contributed by atoms with E-state index in [1.165, 1.54) is 0 Å². The van der Waals surface area contributed by atoms with Crippen LogP contribution >= 0.6 is 0 Å². The number of carbonyl (C=O) groups excluding carboxylic acids is 2. The zero-order valence-electron chi connectivity index (χ0n) is 11.9. The molecule has 2 N–H and O–H groups in total. The van der Waals surface area contributed by atoms with E-state index in [1.54, 1.807) is 29.2 Å². The van der Waals surface area contributed by atoms with Crippen molar-refractivity contribution in [3.8, 4) is 11.9 Å². The molecule has 0 saturated carbocycles. The second-order valence-electron chi connectivity index (χ2n) is 5.32. The monoisotopic (exact) mass is 300 g/mol. The molecule has 2 heterocycles. The summed E-state index contributed by atoms with van der Waals surface area (Å²) in [7, 11) is 0. The van der Waals surface area contributed by atoms with E-state index >= 15 is 0 Å². The highest BCUT2D eigenvalue weighted by molar-refractivity contribution is 6.11. The number of benzene rings is 1. The molecule has 0 aromatic heterocycles. The van der Waals surface area contributed by atoms with Gasteiger partial charge in [0.1, 0.15) is 5.75 Å². The maximum Gasteiger partial charge on any atom is 0.275 e. The van der Waals surface area contributed by atoms with Crippen molar-refractivity contribution in [1.82, 2.24) is 10.2 Å². The van der Waals surface area contributed by atoms with Crippen molar-refractivity contribution in [2.75, 3.05) is 18.4 Å². The Morgan fingerprint density at radius 3 is 3.14 bits per heavy atom. The lowest BCUT2D eigenvalue weighted by atomic mass is 10.2. The summed E-state index contributed by atoms with van der Waals surface area (Å²) < 4.78 is 5.47. The third kappa shape index (κ3) is 2.68. The van der Waals surface area contributed by atoms with Crippen molar-refractivity contribution in [2.24, 2.45) is 0 Å². The molecule has 1 aromatic carbocycles. The van der Waals surface area contributed by atoms with Gasteiger partial charge in [-0.05, 0) is 25.0 Å². The van der Waals surface area contributed by atoms with Gasteiger partial charge in [-0.3, -0.25) is 9.59 Å². The van der Waals surface area contributed by atoms with E-state index in [9.17, 15) is 9.59 Å². The molecule has 0 radical (unpaired) electrons. The second kappa shape index (κ2) is 5.93. The number of nitrogens with zero attached hydrogens (tertiary/aromatic N) is 2. The van der Waals surface area contributed by atoms with Crippen molar-refractivity contribution in [1.29, 1.82) is 5.26 Å². The zero-order chi connectivity index (χ0) is 15.5. The van der Waals surface area contributed by atoms with Crippen molar-refractivity contribution in [3.05, 3.63) is 24.3 Å². The number of para-hydroxylation sites is 2. The highest BCUT2D eigenvalue weighted by atomic mass is 16.5. The summed E-state index contributed by atoms with van der Waals surface area (Å²) in [5, 5.41) is 14.3. The number of rotatable bonds is 3. The fraction of sp³-hybridized carbons (Fsp3) is 0.400. The van der Waals surface area contributed by atoms with Crippen molar-refractivity contribution in [3.63, 3.8) is 0 Å². The highest BCUT2D eigenvalue weighted by Crippen LogP contribution is 2.28. The summed E-state index contributed by atoms with van der Waals surface area (Å²) in [4.78, 5) is 25.8. The van der Waals surface area contributed by atoms with Crippen LogP contribution in [0.5, 0.6) is 5.75 Å². The summed E-state index contributed by atoms with van der Waals surface area (Å²) in [6.45, 7) is 1.05. The number of nitriles is 1. The summed E-state index contributed by atoms with van der Waals surface area (Å²) in [6, 6.07) is 6.95. The predicted octanol–water partition coefficient (Wildman–Crippen LogP) is 0.448. The first-order valence-corrected chi connectivity index (χ1v) is 7.19. The van der Waals surface area contributed by atoms with E-state index in [4.69, 9.17) is 10.00 Å². The number of fused-ring (bicyclic) bond motifs is 1. The average molecular weight is 300 g/mol. The number of anilines is 1. The van der Waals surface area contributed by atoms with Gasteiger partial charge in [-0.2, -0.15) is 5.26 Å². The molecule has 7 nitrogen and oxygen atoms in total. The molecule has 0 aliphatic carbocycles. The Kier molecular flexibility index (Phi) is 3.83. The average Bonchev–Trinajstić information content (AvgIpc) is 2.99. The lowest BCUT2D eigenvalue weighted by molar-refractivity contribution is -0.137. The van der Waals surface area contributed by atoms with E-state index in [0.29, 0.717) is 24.5 Å². The molecule has 3 rings (SSSR count). The van der Waals surface area contributed by atoms with Gasteiger partial charge in [0.05, 0.1) is 11.7 Å². The fourth-order valence-electron chi connectivity index (χ4n) is 2.71. The molecule has 114 valence electrons. The van der Waals surface area contributed by atoms with Crippen LogP contribution in [0.15, 0.2) is 24.3 Å². The lowest BCUT2D eigenvalue weighted by Crippen LogP contribution is -2.50. The molecule has 2 aliphatic heterocycles. The van der Waals surface area contributed by atoms with Crippen LogP contribution in [-0.4, -0.2) is 41.9 Å². The van der Waals surface area contributed by atoms with Crippen LogP contribution in [0.1, 0.15) is 12.8 Å². The third-order valence-corrected chi connectivity index (χ3v) is 3.88. The molecule has 1 fully saturated rings. The molecule has 0 bridgehead atoms. The fourth-order valence-corrected chi connectivity index (χ4v) is 2.71. The minimum absolute atomic E-state index is 0.00659. The molecule has 7 heteroatoms. The highest BCUT2D eigenvalue weighted by Gasteiger charge is 2.34. The van der Waals surface area contributed by atoms with Crippen LogP contribution in [0.25, 0.3) is 0 Å². The SMILES string of the molecule is N#CN1CCCC1CNC(=O)[C@@H]1Oc2ccccc2NC1=O. The van der Waals surface area contributed by atoms with E-state index in [0.717, 1.165) is 12.8 Å². The topological polar surface area (TPSA) is 94.5 Å². The Balaban J connectivity index is 1.61. The van der Waals surface area contributed by atoms with E-state index in [1.807, 2.05) is 0 Å². The molecular weight excluding hydrogens is 284 g/mol. The Morgan fingerprint density at radius 2 is 2.32 bits per heavy atom. The first-order valence-electron chi connectivity index (χ1n) is 7.19. The van der Waals surface area contributed by atoms with Gasteiger partial charge in [-0.15, -0.1) is 0 Å². The maximum atomic E-state index is 12.2. The third-order valence-electron chi connectivity index (χ3n) is 3.88. The van der Waals surface area contributed by atoms with Gasteiger partial charge in [0.2, 0.25) is 0 Å². The molecule has 0 spiro atoms. The van der Waals surface area contributed by atoms with Gasteiger partial charge in [0.25, 0.3) is 17.9 Å². The molecule has 2 atom stereocenters. The molecule has 2 aliphatic rings. The number of nitrogens with one attached hydrogen (secondary N) is 2. The van der Waals surface area contributed by atoms with Gasteiger partial charge in [0.15, 0.2) is 6.19 Å². The standard InChI is InChI=1S/C15H16N4O3/c16-9-19-7-3-4-10(19)8-17-14(20)13-15(21)18-11-5-1-2-6-12(11)22-13/h1-2,5-6,10,13H,3-4,7-8H2,(H,17,20)(H,18,21)/t10?,13-/m0/s1. The molecule has 22 heavy (non-hydrogen) atoms. The van der Waals surface area contributed by atoms with Crippen LogP contribution in [0.4, 0.5) is 5.69 Å². The lowest BCUT2D eigenvalue weighted by Gasteiger charge is -2.26. The number of carbonyl (C=O) groups is 2. The Labute approximate surface area is 127 Å². The number of amides is 2. The number of hydrogen-bond acceptors (Lipinski definition) is 5. The van der Waals surface area contributed by atoms with Crippen molar-refractivity contribution < 1.29 is 14.3 Å². The molecule has 1 saturated heterocycles. The van der Waals surface area contributed by atoms with E-state index in [2.05, 4.69) is 16.8 Å². The number of hydrogen-bond donors (Lipinski definition) is 2. The zero-order valence-corrected chi connectivity index (χ0v) is 11.9. The van der Waals surface area contributed by atoms with Gasteiger partial charge in [-0.25, -0.2) is 0 Å². The molecule has 2 amide bonds. The van der Waals surface area contributed by atoms with E-state index < -0.39 is 17.9 Å². The van der Waals surface area contributed by atoms with Crippen molar-refractivity contribution >= 4 is 17.5 Å². The smallest absolute Gasteiger partial charge is 0.275 e. The van der Waals surface area contributed by atoms with Crippen LogP contribution < -0.4 is 15.4 Å². The number of likely N-dealkylation sites (tertiary alicyclic amines) is 1. The summed E-state index contributed by atoms with van der Waals surface area (Å²) in [5.41, 5.74) is 0.558. The number of ether oxygens (including phenoxy) is 1. The predicted molar refractivity (Wildman–Crippen MR) is 77.8 cm³/mol. The molecule has 1 unspecified atom stereocenters. The second-order valence-corrected chi connectivity index (χ2v) is 5.32. The summed E-state index contributed by atoms with van der Waals surface area (Å²) in [5.74, 6) is -0.502. The summed E-state index contributed by atoms with van der Waals surface area (Å²) >= 11 is 0. The van der Waals surface area contributed by atoms with Crippen molar-refractivity contribution in [2.45, 2.75) is 25.0 Å². The van der Waals surface area contributed by atoms with Crippen LogP contribution in [0.3, 0.4) is 0 Å². The van der Waals surface area contributed by atoms with Crippen LogP contribution in [0.2, 0.25) is 0 Å². The Hall–Kier alpha value is -2.75. The van der Waals surface area contributed by atoms with Gasteiger partial charge >= 0.3 is 0 Å². The molecular formula is C15H16N4O3. The van der Waals surface area contributed by atoms with Crippen LogP contribution in [0, 0.1) is 11.5 Å².